The highest BCUT2D eigenvalue weighted by molar-refractivity contribution is 5.96. The van der Waals surface area contributed by atoms with E-state index in [0.29, 0.717) is 11.3 Å². The van der Waals surface area contributed by atoms with E-state index in [2.05, 4.69) is 10.2 Å². The molecule has 0 unspecified atom stereocenters. The van der Waals surface area contributed by atoms with Gasteiger partial charge >= 0.3 is 0 Å². The van der Waals surface area contributed by atoms with Crippen LogP contribution in [0.3, 0.4) is 0 Å². The lowest BCUT2D eigenvalue weighted by molar-refractivity contribution is -0.136. The standard InChI is InChI=1S/C19H27N5O2/c1-14-19(16(3)25)15(2)24(21-14)13-18(26)23-11-5-4-7-17(23)8-12-22-10-6-9-20-22/h6,9-10,17H,4-5,7-8,11-13H2,1-3H3/t17-/m1/s1. The van der Waals surface area contributed by atoms with Crippen LogP contribution >= 0.6 is 0 Å². The zero-order valence-corrected chi connectivity index (χ0v) is 15.8. The van der Waals surface area contributed by atoms with Gasteiger partial charge in [-0.15, -0.1) is 0 Å². The van der Waals surface area contributed by atoms with Gasteiger partial charge in [0.25, 0.3) is 0 Å². The maximum Gasteiger partial charge on any atom is 0.244 e. The number of aromatic nitrogens is 4. The number of carbonyl (C=O) groups is 2. The van der Waals surface area contributed by atoms with Crippen molar-refractivity contribution in [2.45, 2.75) is 65.6 Å². The quantitative estimate of drug-likeness (QED) is 0.744. The third-order valence-corrected chi connectivity index (χ3v) is 5.22. The Labute approximate surface area is 154 Å². The minimum absolute atomic E-state index is 0.00577. The molecule has 0 spiro atoms. The number of aryl methyl sites for hydroxylation is 2. The van der Waals surface area contributed by atoms with Crippen LogP contribution < -0.4 is 0 Å². The molecule has 1 saturated heterocycles. The summed E-state index contributed by atoms with van der Waals surface area (Å²) in [7, 11) is 0. The summed E-state index contributed by atoms with van der Waals surface area (Å²) < 4.78 is 3.59. The van der Waals surface area contributed by atoms with Crippen molar-refractivity contribution in [2.75, 3.05) is 6.54 Å². The highest BCUT2D eigenvalue weighted by atomic mass is 16.2. The molecule has 2 aromatic heterocycles. The number of carbonyl (C=O) groups excluding carboxylic acids is 2. The Kier molecular flexibility index (Phi) is 5.54. The van der Waals surface area contributed by atoms with Crippen LogP contribution in [0.5, 0.6) is 0 Å². The molecule has 26 heavy (non-hydrogen) atoms. The molecule has 1 amide bonds. The molecule has 7 heteroatoms. The van der Waals surface area contributed by atoms with Gasteiger partial charge in [0, 0.05) is 37.2 Å². The van der Waals surface area contributed by atoms with Crippen molar-refractivity contribution in [1.29, 1.82) is 0 Å². The average molecular weight is 357 g/mol. The van der Waals surface area contributed by atoms with Crippen LogP contribution in [0.15, 0.2) is 18.5 Å². The van der Waals surface area contributed by atoms with Crippen molar-refractivity contribution in [3.05, 3.63) is 35.4 Å². The summed E-state index contributed by atoms with van der Waals surface area (Å²) in [5.41, 5.74) is 2.09. The summed E-state index contributed by atoms with van der Waals surface area (Å²) in [6.07, 6.45) is 7.86. The first kappa shape index (κ1) is 18.4. The van der Waals surface area contributed by atoms with E-state index in [-0.39, 0.29) is 24.3 Å². The van der Waals surface area contributed by atoms with Gasteiger partial charge in [-0.05, 0) is 52.5 Å². The maximum atomic E-state index is 12.9. The molecule has 0 N–H and O–H groups in total. The lowest BCUT2D eigenvalue weighted by atomic mass is 9.99. The fourth-order valence-electron chi connectivity index (χ4n) is 3.92. The number of hydrogen-bond donors (Lipinski definition) is 0. The van der Waals surface area contributed by atoms with Crippen LogP contribution in [0.25, 0.3) is 0 Å². The van der Waals surface area contributed by atoms with Crippen LogP contribution in [0, 0.1) is 13.8 Å². The van der Waals surface area contributed by atoms with Crippen molar-refractivity contribution < 1.29 is 9.59 Å². The van der Waals surface area contributed by atoms with E-state index in [1.165, 1.54) is 0 Å². The fourth-order valence-corrected chi connectivity index (χ4v) is 3.92. The minimum atomic E-state index is -0.00577. The van der Waals surface area contributed by atoms with E-state index in [0.717, 1.165) is 44.5 Å². The predicted octanol–water partition coefficient (Wildman–Crippen LogP) is 2.37. The van der Waals surface area contributed by atoms with Gasteiger partial charge in [0.15, 0.2) is 5.78 Å². The summed E-state index contributed by atoms with van der Waals surface area (Å²) >= 11 is 0. The number of amides is 1. The molecular formula is C19H27N5O2. The highest BCUT2D eigenvalue weighted by Crippen LogP contribution is 2.21. The van der Waals surface area contributed by atoms with E-state index in [4.69, 9.17) is 0 Å². The number of piperidine rings is 1. The zero-order valence-electron chi connectivity index (χ0n) is 15.8. The smallest absolute Gasteiger partial charge is 0.244 e. The molecule has 0 aliphatic carbocycles. The molecule has 0 radical (unpaired) electrons. The van der Waals surface area contributed by atoms with Gasteiger partial charge in [0.1, 0.15) is 6.54 Å². The van der Waals surface area contributed by atoms with Crippen molar-refractivity contribution in [2.24, 2.45) is 0 Å². The second kappa shape index (κ2) is 7.85. The molecule has 0 bridgehead atoms. The molecule has 1 atom stereocenters. The Balaban J connectivity index is 1.68. The Morgan fingerprint density at radius 2 is 2.08 bits per heavy atom. The maximum absolute atomic E-state index is 12.9. The van der Waals surface area contributed by atoms with Crippen molar-refractivity contribution >= 4 is 11.7 Å². The van der Waals surface area contributed by atoms with Crippen molar-refractivity contribution in [1.82, 2.24) is 24.5 Å². The van der Waals surface area contributed by atoms with Gasteiger partial charge < -0.3 is 4.90 Å². The second-order valence-electron chi connectivity index (χ2n) is 7.05. The van der Waals surface area contributed by atoms with E-state index in [9.17, 15) is 9.59 Å². The summed E-state index contributed by atoms with van der Waals surface area (Å²) in [4.78, 5) is 26.7. The van der Waals surface area contributed by atoms with Crippen LogP contribution in [0.2, 0.25) is 0 Å². The van der Waals surface area contributed by atoms with Crippen molar-refractivity contribution in [3.8, 4) is 0 Å². The van der Waals surface area contributed by atoms with Crippen LogP contribution in [-0.4, -0.2) is 48.7 Å². The molecule has 1 aliphatic heterocycles. The first-order chi connectivity index (χ1) is 12.5. The van der Waals surface area contributed by atoms with Gasteiger partial charge in [-0.3, -0.25) is 19.0 Å². The third kappa shape index (κ3) is 3.86. The molecule has 1 aliphatic rings. The van der Waals surface area contributed by atoms with Gasteiger partial charge in [-0.25, -0.2) is 0 Å². The molecule has 3 heterocycles. The van der Waals surface area contributed by atoms with Crippen LogP contribution in [0.4, 0.5) is 0 Å². The molecule has 140 valence electrons. The lowest BCUT2D eigenvalue weighted by Gasteiger charge is -2.36. The topological polar surface area (TPSA) is 73.0 Å². The van der Waals surface area contributed by atoms with Gasteiger partial charge in [0.05, 0.1) is 11.3 Å². The minimum Gasteiger partial charge on any atom is -0.338 e. The lowest BCUT2D eigenvalue weighted by Crippen LogP contribution is -2.45. The normalized spacial score (nSPS) is 17.5. The zero-order chi connectivity index (χ0) is 18.7. The number of likely N-dealkylation sites (tertiary alicyclic amines) is 1. The number of Topliss-reactive ketones (excluding diaryl/α,β-unsaturated/α-hetero) is 1. The van der Waals surface area contributed by atoms with Gasteiger partial charge in [0.2, 0.25) is 5.91 Å². The summed E-state index contributed by atoms with van der Waals surface area (Å²) in [6, 6.07) is 2.16. The van der Waals surface area contributed by atoms with E-state index in [1.807, 2.05) is 35.7 Å². The molecule has 0 aromatic carbocycles. The average Bonchev–Trinajstić information content (AvgIpc) is 3.21. The largest absolute Gasteiger partial charge is 0.338 e. The molecular weight excluding hydrogens is 330 g/mol. The molecule has 1 fully saturated rings. The first-order valence-electron chi connectivity index (χ1n) is 9.29. The fraction of sp³-hybridized carbons (Fsp3) is 0.579. The Morgan fingerprint density at radius 3 is 2.73 bits per heavy atom. The predicted molar refractivity (Wildman–Crippen MR) is 97.9 cm³/mol. The monoisotopic (exact) mass is 357 g/mol. The van der Waals surface area contributed by atoms with E-state index < -0.39 is 0 Å². The number of nitrogens with zero attached hydrogens (tertiary/aromatic N) is 5. The summed E-state index contributed by atoms with van der Waals surface area (Å²) in [5, 5.41) is 8.66. The van der Waals surface area contributed by atoms with Gasteiger partial charge in [-0.1, -0.05) is 0 Å². The van der Waals surface area contributed by atoms with Crippen molar-refractivity contribution in [3.63, 3.8) is 0 Å². The second-order valence-corrected chi connectivity index (χ2v) is 7.05. The highest BCUT2D eigenvalue weighted by Gasteiger charge is 2.27. The SMILES string of the molecule is CC(=O)c1c(C)nn(CC(=O)N2CCCC[C@@H]2CCn2cccn2)c1C. The molecule has 2 aromatic rings. The third-order valence-electron chi connectivity index (χ3n) is 5.22. The van der Waals surface area contributed by atoms with Gasteiger partial charge in [-0.2, -0.15) is 10.2 Å². The summed E-state index contributed by atoms with van der Waals surface area (Å²) in [5.74, 6) is 0.0737. The Morgan fingerprint density at radius 1 is 1.27 bits per heavy atom. The summed E-state index contributed by atoms with van der Waals surface area (Å²) in [6.45, 7) is 7.02. The first-order valence-corrected chi connectivity index (χ1v) is 9.29. The number of rotatable bonds is 6. The number of ketones is 1. The number of hydrogen-bond acceptors (Lipinski definition) is 4. The Hall–Kier alpha value is -2.44. The molecule has 7 nitrogen and oxygen atoms in total. The van der Waals surface area contributed by atoms with Crippen LogP contribution in [0.1, 0.15) is 54.4 Å². The molecule has 3 rings (SSSR count). The van der Waals surface area contributed by atoms with E-state index in [1.54, 1.807) is 17.8 Å². The van der Waals surface area contributed by atoms with Crippen LogP contribution in [-0.2, 0) is 17.9 Å². The Bertz CT molecular complexity index is 778. The molecule has 0 saturated carbocycles. The van der Waals surface area contributed by atoms with E-state index >= 15 is 0 Å².